The Kier molecular flexibility index (Phi) is 10.3. The van der Waals surface area contributed by atoms with Crippen molar-refractivity contribution < 1.29 is 19.1 Å². The summed E-state index contributed by atoms with van der Waals surface area (Å²) in [5.74, 6) is 0.0156. The molecule has 11 heteroatoms. The van der Waals surface area contributed by atoms with E-state index in [0.29, 0.717) is 33.2 Å². The Morgan fingerprint density at radius 1 is 0.914 bits per heavy atom. The van der Waals surface area contributed by atoms with Gasteiger partial charge in [0, 0.05) is 16.5 Å². The molecule has 0 saturated heterocycles. The number of thiocarbonyl (C=S) groups is 1. The highest BCUT2D eigenvalue weighted by atomic mass is 79.9. The van der Waals surface area contributed by atoms with Crippen molar-refractivity contribution in [1.29, 1.82) is 0 Å². The standard InChI is InChI=1S/C24H20Br2ClN3O4S/c25-17-7-9-21(19(27)13-17)34-14-22(31)29-30-24(35)28-23(32)16-6-8-20(18(26)12-16)33-11-10-15-4-2-1-3-5-15/h1-9,12-13H,10-11,14H2,(H,29,31)(H2,28,30,32,35). The fourth-order valence-electron chi connectivity index (χ4n) is 2.79. The van der Waals surface area contributed by atoms with Crippen molar-refractivity contribution in [3.8, 4) is 11.5 Å². The minimum Gasteiger partial charge on any atom is -0.492 e. The first-order valence-electron chi connectivity index (χ1n) is 10.3. The average Bonchev–Trinajstić information content (AvgIpc) is 2.83. The predicted octanol–water partition coefficient (Wildman–Crippen LogP) is 5.20. The lowest BCUT2D eigenvalue weighted by Crippen LogP contribution is -2.49. The summed E-state index contributed by atoms with van der Waals surface area (Å²) in [4.78, 5) is 24.5. The summed E-state index contributed by atoms with van der Waals surface area (Å²) in [6.07, 6.45) is 0.766. The third kappa shape index (κ3) is 8.81. The van der Waals surface area contributed by atoms with Crippen LogP contribution >= 0.6 is 55.7 Å². The zero-order valence-electron chi connectivity index (χ0n) is 18.1. The molecule has 2 amide bonds. The van der Waals surface area contributed by atoms with Gasteiger partial charge in [0.05, 0.1) is 16.1 Å². The molecule has 0 radical (unpaired) electrons. The third-order valence-corrected chi connectivity index (χ3v) is 6.09. The maximum absolute atomic E-state index is 12.5. The summed E-state index contributed by atoms with van der Waals surface area (Å²) in [6.45, 7) is 0.198. The van der Waals surface area contributed by atoms with E-state index in [2.05, 4.69) is 48.0 Å². The highest BCUT2D eigenvalue weighted by Crippen LogP contribution is 2.28. The van der Waals surface area contributed by atoms with Crippen molar-refractivity contribution in [3.05, 3.63) is 91.8 Å². The zero-order chi connectivity index (χ0) is 25.2. The van der Waals surface area contributed by atoms with Crippen LogP contribution in [-0.4, -0.2) is 30.1 Å². The number of benzene rings is 3. The van der Waals surface area contributed by atoms with Gasteiger partial charge in [-0.3, -0.25) is 25.8 Å². The maximum Gasteiger partial charge on any atom is 0.276 e. The van der Waals surface area contributed by atoms with E-state index in [1.165, 1.54) is 5.56 Å². The highest BCUT2D eigenvalue weighted by Gasteiger charge is 2.12. The lowest BCUT2D eigenvalue weighted by Gasteiger charge is -2.13. The van der Waals surface area contributed by atoms with Gasteiger partial charge in [0.1, 0.15) is 11.5 Å². The van der Waals surface area contributed by atoms with E-state index in [1.54, 1.807) is 36.4 Å². The number of carbonyl (C=O) groups is 2. The fourth-order valence-corrected chi connectivity index (χ4v) is 4.15. The van der Waals surface area contributed by atoms with Gasteiger partial charge in [-0.05, 0) is 70.1 Å². The SMILES string of the molecule is O=C(COc1ccc(Br)cc1Cl)NNC(=S)NC(=O)c1ccc(OCCc2ccccc2)c(Br)c1. The lowest BCUT2D eigenvalue weighted by molar-refractivity contribution is -0.123. The van der Waals surface area contributed by atoms with Gasteiger partial charge in [-0.1, -0.05) is 57.9 Å². The lowest BCUT2D eigenvalue weighted by atomic mass is 10.2. The number of hydrogen-bond acceptors (Lipinski definition) is 5. The van der Waals surface area contributed by atoms with Gasteiger partial charge in [-0.15, -0.1) is 0 Å². The van der Waals surface area contributed by atoms with E-state index < -0.39 is 11.8 Å². The van der Waals surface area contributed by atoms with Crippen molar-refractivity contribution in [2.45, 2.75) is 6.42 Å². The van der Waals surface area contributed by atoms with Gasteiger partial charge < -0.3 is 9.47 Å². The number of rotatable bonds is 8. The average molecular weight is 642 g/mol. The van der Waals surface area contributed by atoms with E-state index in [9.17, 15) is 9.59 Å². The Labute approximate surface area is 229 Å². The third-order valence-electron chi connectivity index (χ3n) is 4.48. The monoisotopic (exact) mass is 639 g/mol. The molecule has 182 valence electrons. The summed E-state index contributed by atoms with van der Waals surface area (Å²) in [5, 5.41) is 2.77. The minimum atomic E-state index is -0.514. The molecule has 35 heavy (non-hydrogen) atoms. The van der Waals surface area contributed by atoms with Crippen LogP contribution in [0.4, 0.5) is 0 Å². The van der Waals surface area contributed by atoms with Crippen molar-refractivity contribution >= 4 is 72.6 Å². The molecule has 0 unspecified atom stereocenters. The van der Waals surface area contributed by atoms with Crippen molar-refractivity contribution in [2.75, 3.05) is 13.2 Å². The van der Waals surface area contributed by atoms with Crippen LogP contribution in [0.1, 0.15) is 15.9 Å². The van der Waals surface area contributed by atoms with E-state index in [4.69, 9.17) is 33.3 Å². The molecule has 0 atom stereocenters. The topological polar surface area (TPSA) is 88.7 Å². The van der Waals surface area contributed by atoms with Gasteiger partial charge in [-0.25, -0.2) is 0 Å². The summed E-state index contributed by atoms with van der Waals surface area (Å²) in [6, 6.07) is 20.0. The normalized spacial score (nSPS) is 10.3. The molecule has 0 aliphatic heterocycles. The molecular formula is C24H20Br2ClN3O4S. The van der Waals surface area contributed by atoms with Crippen LogP contribution in [0.3, 0.4) is 0 Å². The Morgan fingerprint density at radius 3 is 2.37 bits per heavy atom. The zero-order valence-corrected chi connectivity index (χ0v) is 22.9. The van der Waals surface area contributed by atoms with Crippen LogP contribution in [0.25, 0.3) is 0 Å². The van der Waals surface area contributed by atoms with Crippen LogP contribution < -0.4 is 25.6 Å². The van der Waals surface area contributed by atoms with Gasteiger partial charge in [0.2, 0.25) is 0 Å². The predicted molar refractivity (Wildman–Crippen MR) is 146 cm³/mol. The Bertz CT molecular complexity index is 1210. The second kappa shape index (κ2) is 13.4. The number of nitrogens with one attached hydrogen (secondary N) is 3. The number of hydrazine groups is 1. The van der Waals surface area contributed by atoms with Crippen molar-refractivity contribution in [1.82, 2.24) is 16.2 Å². The molecule has 0 aliphatic carbocycles. The van der Waals surface area contributed by atoms with Crippen molar-refractivity contribution in [3.63, 3.8) is 0 Å². The Hall–Kier alpha value is -2.66. The molecule has 0 aliphatic rings. The van der Waals surface area contributed by atoms with E-state index in [0.717, 1.165) is 10.9 Å². The Morgan fingerprint density at radius 2 is 1.66 bits per heavy atom. The van der Waals surface area contributed by atoms with Crippen LogP contribution in [0.2, 0.25) is 5.02 Å². The number of ether oxygens (including phenoxy) is 2. The molecule has 0 spiro atoms. The van der Waals surface area contributed by atoms with E-state index >= 15 is 0 Å². The molecule has 0 fully saturated rings. The maximum atomic E-state index is 12.5. The van der Waals surface area contributed by atoms with Crippen LogP contribution in [-0.2, 0) is 11.2 Å². The van der Waals surface area contributed by atoms with E-state index in [-0.39, 0.29) is 11.7 Å². The van der Waals surface area contributed by atoms with Gasteiger partial charge >= 0.3 is 0 Å². The molecule has 3 rings (SSSR count). The van der Waals surface area contributed by atoms with Gasteiger partial charge in [-0.2, -0.15) is 0 Å². The highest BCUT2D eigenvalue weighted by molar-refractivity contribution is 9.10. The quantitative estimate of drug-likeness (QED) is 0.232. The first-order chi connectivity index (χ1) is 16.8. The number of amides is 2. The minimum absolute atomic E-state index is 0.0793. The molecule has 3 N–H and O–H groups in total. The molecule has 0 bridgehead atoms. The van der Waals surface area contributed by atoms with E-state index in [1.807, 2.05) is 30.3 Å². The molecule has 0 saturated carbocycles. The number of halogens is 3. The van der Waals surface area contributed by atoms with Crippen molar-refractivity contribution in [2.24, 2.45) is 0 Å². The van der Waals surface area contributed by atoms with Gasteiger partial charge in [0.15, 0.2) is 11.7 Å². The molecule has 0 aromatic heterocycles. The number of carbonyl (C=O) groups excluding carboxylic acids is 2. The summed E-state index contributed by atoms with van der Waals surface area (Å²) in [7, 11) is 0. The summed E-state index contributed by atoms with van der Waals surface area (Å²) < 4.78 is 12.6. The van der Waals surface area contributed by atoms with Crippen LogP contribution in [0.5, 0.6) is 11.5 Å². The molecule has 0 heterocycles. The molecular weight excluding hydrogens is 622 g/mol. The molecule has 3 aromatic carbocycles. The number of hydrogen-bond donors (Lipinski definition) is 3. The fraction of sp³-hybridized carbons (Fsp3) is 0.125. The smallest absolute Gasteiger partial charge is 0.276 e. The van der Waals surface area contributed by atoms with Crippen LogP contribution in [0, 0.1) is 0 Å². The first-order valence-corrected chi connectivity index (χ1v) is 12.6. The molecule has 7 nitrogen and oxygen atoms in total. The largest absolute Gasteiger partial charge is 0.492 e. The second-order valence-electron chi connectivity index (χ2n) is 7.05. The van der Waals surface area contributed by atoms with Gasteiger partial charge in [0.25, 0.3) is 11.8 Å². The first kappa shape index (κ1) is 26.9. The Balaban J connectivity index is 1.41. The summed E-state index contributed by atoms with van der Waals surface area (Å²) >= 11 is 17.8. The second-order valence-corrected chi connectivity index (χ2v) is 9.63. The molecule has 3 aromatic rings. The summed E-state index contributed by atoms with van der Waals surface area (Å²) in [5.41, 5.74) is 6.34. The van der Waals surface area contributed by atoms with Crippen LogP contribution in [0.15, 0.2) is 75.7 Å².